The van der Waals surface area contributed by atoms with Gasteiger partial charge in [-0.25, -0.2) is 0 Å². The summed E-state index contributed by atoms with van der Waals surface area (Å²) in [5.74, 6) is 0.976. The molecule has 2 nitrogen and oxygen atoms in total. The molecule has 2 N–H and O–H groups in total. The van der Waals surface area contributed by atoms with Crippen LogP contribution in [-0.2, 0) is 6.42 Å². The predicted octanol–water partition coefficient (Wildman–Crippen LogP) is 2.75. The summed E-state index contributed by atoms with van der Waals surface area (Å²) in [5.41, 5.74) is 7.00. The van der Waals surface area contributed by atoms with Crippen LogP contribution in [0, 0.1) is 0 Å². The molecule has 1 unspecified atom stereocenters. The van der Waals surface area contributed by atoms with Crippen molar-refractivity contribution in [3.8, 4) is 5.75 Å². The summed E-state index contributed by atoms with van der Waals surface area (Å²) in [6, 6.07) is 8.31. The molecule has 2 atom stereocenters. The minimum Gasteiger partial charge on any atom is -0.490 e. The van der Waals surface area contributed by atoms with Crippen molar-refractivity contribution in [1.82, 2.24) is 0 Å². The van der Waals surface area contributed by atoms with Crippen molar-refractivity contribution in [1.29, 1.82) is 0 Å². The van der Waals surface area contributed by atoms with Gasteiger partial charge in [0.15, 0.2) is 0 Å². The Bertz CT molecular complexity index is 296. The Morgan fingerprint density at radius 1 is 1.27 bits per heavy atom. The average Bonchev–Trinajstić information content (AvgIpc) is 2.20. The lowest BCUT2D eigenvalue weighted by Gasteiger charge is -2.16. The molecule has 2 heteroatoms. The average molecular weight is 207 g/mol. The van der Waals surface area contributed by atoms with E-state index in [-0.39, 0.29) is 12.1 Å². The fraction of sp³-hybridized carbons (Fsp3) is 0.538. The highest BCUT2D eigenvalue weighted by Gasteiger charge is 2.07. The Labute approximate surface area is 92.4 Å². The van der Waals surface area contributed by atoms with Gasteiger partial charge in [-0.15, -0.1) is 0 Å². The highest BCUT2D eigenvalue weighted by molar-refractivity contribution is 5.34. The van der Waals surface area contributed by atoms with Gasteiger partial charge in [-0.3, -0.25) is 0 Å². The van der Waals surface area contributed by atoms with Gasteiger partial charge < -0.3 is 10.5 Å². The number of ether oxygens (including phenoxy) is 1. The Morgan fingerprint density at radius 2 is 1.93 bits per heavy atom. The predicted molar refractivity (Wildman–Crippen MR) is 64.2 cm³/mol. The third-order valence-electron chi connectivity index (χ3n) is 2.42. The smallest absolute Gasteiger partial charge is 0.122 e. The molecule has 84 valence electrons. The summed E-state index contributed by atoms with van der Waals surface area (Å²) >= 11 is 0. The first-order chi connectivity index (χ1) is 7.13. The molecule has 1 rings (SSSR count). The van der Waals surface area contributed by atoms with Gasteiger partial charge >= 0.3 is 0 Å². The number of benzene rings is 1. The maximum Gasteiger partial charge on any atom is 0.122 e. The Balaban J connectivity index is 2.76. The zero-order valence-corrected chi connectivity index (χ0v) is 9.86. The van der Waals surface area contributed by atoms with E-state index in [2.05, 4.69) is 19.9 Å². The molecule has 1 aromatic carbocycles. The molecule has 0 aromatic heterocycles. The summed E-state index contributed by atoms with van der Waals surface area (Å²) in [5, 5.41) is 0. The number of rotatable bonds is 5. The van der Waals surface area contributed by atoms with Gasteiger partial charge in [0.25, 0.3) is 0 Å². The van der Waals surface area contributed by atoms with Gasteiger partial charge in [-0.2, -0.15) is 0 Å². The van der Waals surface area contributed by atoms with Crippen molar-refractivity contribution in [3.05, 3.63) is 29.8 Å². The van der Waals surface area contributed by atoms with E-state index in [0.717, 1.165) is 18.6 Å². The van der Waals surface area contributed by atoms with E-state index in [9.17, 15) is 0 Å². The van der Waals surface area contributed by atoms with Gasteiger partial charge in [0.1, 0.15) is 5.75 Å². The molecule has 0 saturated heterocycles. The summed E-state index contributed by atoms with van der Waals surface area (Å²) < 4.78 is 5.84. The Kier molecular flexibility index (Phi) is 4.63. The molecule has 0 aliphatic rings. The fourth-order valence-electron chi connectivity index (χ4n) is 1.43. The molecule has 0 amide bonds. The lowest BCUT2D eigenvalue weighted by atomic mass is 10.1. The molecular formula is C13H21NO. The molecule has 0 fully saturated rings. The van der Waals surface area contributed by atoms with Crippen molar-refractivity contribution in [2.75, 3.05) is 0 Å². The van der Waals surface area contributed by atoms with Crippen LogP contribution >= 0.6 is 0 Å². The van der Waals surface area contributed by atoms with Crippen molar-refractivity contribution in [2.24, 2.45) is 5.73 Å². The van der Waals surface area contributed by atoms with Crippen molar-refractivity contribution < 1.29 is 4.74 Å². The van der Waals surface area contributed by atoms with E-state index in [0.29, 0.717) is 0 Å². The minimum atomic E-state index is 0.173. The summed E-state index contributed by atoms with van der Waals surface area (Å²) in [6.45, 7) is 6.22. The maximum atomic E-state index is 5.84. The molecule has 0 aliphatic heterocycles. The molecule has 0 spiro atoms. The van der Waals surface area contributed by atoms with E-state index in [1.807, 2.05) is 25.1 Å². The van der Waals surface area contributed by atoms with Gasteiger partial charge in [0.2, 0.25) is 0 Å². The van der Waals surface area contributed by atoms with E-state index >= 15 is 0 Å². The van der Waals surface area contributed by atoms with Crippen LogP contribution in [-0.4, -0.2) is 12.1 Å². The summed E-state index contributed by atoms with van der Waals surface area (Å²) in [7, 11) is 0. The van der Waals surface area contributed by atoms with Crippen LogP contribution in [0.15, 0.2) is 24.3 Å². The highest BCUT2D eigenvalue weighted by atomic mass is 16.5. The van der Waals surface area contributed by atoms with E-state index in [1.165, 1.54) is 5.56 Å². The number of nitrogens with two attached hydrogens (primary N) is 1. The zero-order chi connectivity index (χ0) is 11.3. The second kappa shape index (κ2) is 5.76. The SMILES string of the molecule is CCC(C)Oc1ccccc1C[C@@H](C)N. The largest absolute Gasteiger partial charge is 0.490 e. The monoisotopic (exact) mass is 207 g/mol. The van der Waals surface area contributed by atoms with Crippen LogP contribution in [0.1, 0.15) is 32.8 Å². The van der Waals surface area contributed by atoms with E-state index in [4.69, 9.17) is 10.5 Å². The first-order valence-electron chi connectivity index (χ1n) is 5.63. The zero-order valence-electron chi connectivity index (χ0n) is 9.86. The molecule has 0 radical (unpaired) electrons. The third-order valence-corrected chi connectivity index (χ3v) is 2.42. The van der Waals surface area contributed by atoms with Crippen LogP contribution in [0.4, 0.5) is 0 Å². The second-order valence-corrected chi connectivity index (χ2v) is 4.13. The first-order valence-corrected chi connectivity index (χ1v) is 5.63. The molecule has 0 bridgehead atoms. The van der Waals surface area contributed by atoms with E-state index in [1.54, 1.807) is 0 Å². The highest BCUT2D eigenvalue weighted by Crippen LogP contribution is 2.21. The molecule has 0 heterocycles. The normalized spacial score (nSPS) is 14.7. The van der Waals surface area contributed by atoms with Crippen molar-refractivity contribution in [2.45, 2.75) is 45.8 Å². The van der Waals surface area contributed by atoms with Crippen LogP contribution in [0.2, 0.25) is 0 Å². The van der Waals surface area contributed by atoms with Crippen molar-refractivity contribution in [3.63, 3.8) is 0 Å². The molecule has 1 aromatic rings. The van der Waals surface area contributed by atoms with Crippen molar-refractivity contribution >= 4 is 0 Å². The topological polar surface area (TPSA) is 35.2 Å². The van der Waals surface area contributed by atoms with Crippen LogP contribution < -0.4 is 10.5 Å². The fourth-order valence-corrected chi connectivity index (χ4v) is 1.43. The second-order valence-electron chi connectivity index (χ2n) is 4.13. The Morgan fingerprint density at radius 3 is 2.53 bits per heavy atom. The maximum absolute atomic E-state index is 5.84. The van der Waals surface area contributed by atoms with Gasteiger partial charge in [-0.05, 0) is 38.3 Å². The van der Waals surface area contributed by atoms with Gasteiger partial charge in [-0.1, -0.05) is 25.1 Å². The quantitative estimate of drug-likeness (QED) is 0.805. The molecule has 0 aliphatic carbocycles. The Hall–Kier alpha value is -1.02. The number of hydrogen-bond acceptors (Lipinski definition) is 2. The minimum absolute atomic E-state index is 0.173. The molecule has 0 saturated carbocycles. The van der Waals surface area contributed by atoms with Crippen LogP contribution in [0.25, 0.3) is 0 Å². The van der Waals surface area contributed by atoms with Gasteiger partial charge in [0, 0.05) is 6.04 Å². The number of hydrogen-bond donors (Lipinski definition) is 1. The summed E-state index contributed by atoms with van der Waals surface area (Å²) in [4.78, 5) is 0. The summed E-state index contributed by atoms with van der Waals surface area (Å²) in [6.07, 6.45) is 2.15. The van der Waals surface area contributed by atoms with Crippen LogP contribution in [0.3, 0.4) is 0 Å². The lowest BCUT2D eigenvalue weighted by Crippen LogP contribution is -2.19. The van der Waals surface area contributed by atoms with E-state index < -0.39 is 0 Å². The third kappa shape index (κ3) is 3.92. The molecular weight excluding hydrogens is 186 g/mol. The van der Waals surface area contributed by atoms with Crippen LogP contribution in [0.5, 0.6) is 5.75 Å². The number of para-hydroxylation sites is 1. The molecule has 15 heavy (non-hydrogen) atoms. The lowest BCUT2D eigenvalue weighted by molar-refractivity contribution is 0.215. The van der Waals surface area contributed by atoms with Gasteiger partial charge in [0.05, 0.1) is 6.10 Å². The standard InChI is InChI=1S/C13H21NO/c1-4-11(3)15-13-8-6-5-7-12(13)9-10(2)14/h5-8,10-11H,4,9,14H2,1-3H3/t10-,11?/m1/s1. The first kappa shape index (κ1) is 12.1.